The SMILES string of the molecule is [CH2-]CCC.[CH2-]CCC.[O]=[Ti]=[O]. The van der Waals surface area contributed by atoms with E-state index in [0.29, 0.717) is 0 Å². The zero-order chi connectivity index (χ0) is 9.54. The summed E-state index contributed by atoms with van der Waals surface area (Å²) in [5.74, 6) is 0. The Morgan fingerprint density at radius 1 is 1.00 bits per heavy atom. The molecule has 0 N–H and O–H groups in total. The molecule has 0 aliphatic carbocycles. The van der Waals surface area contributed by atoms with E-state index in [0.717, 1.165) is 12.8 Å². The van der Waals surface area contributed by atoms with Gasteiger partial charge >= 0.3 is 25.7 Å². The van der Waals surface area contributed by atoms with Gasteiger partial charge in [-0.25, -0.2) is 0 Å². The average Bonchev–Trinajstić information content (AvgIpc) is 2.06. The summed E-state index contributed by atoms with van der Waals surface area (Å²) in [5.41, 5.74) is 0. The molecule has 0 aromatic carbocycles. The maximum absolute atomic E-state index is 8.50. The zero-order valence-electron chi connectivity index (χ0n) is 7.56. The third-order valence-electron chi connectivity index (χ3n) is 0.707. The van der Waals surface area contributed by atoms with Crippen LogP contribution in [0.25, 0.3) is 0 Å². The Hall–Kier alpha value is 0.314. The fraction of sp³-hybridized carbons (Fsp3) is 0.750. The maximum atomic E-state index is 8.50. The van der Waals surface area contributed by atoms with Crippen LogP contribution < -0.4 is 0 Å². The first-order chi connectivity index (χ1) is 5.24. The van der Waals surface area contributed by atoms with Gasteiger partial charge in [0.1, 0.15) is 0 Å². The Kier molecular flexibility index (Phi) is 50.2. The van der Waals surface area contributed by atoms with E-state index >= 15 is 0 Å². The van der Waals surface area contributed by atoms with E-state index < -0.39 is 19.1 Å². The van der Waals surface area contributed by atoms with Crippen LogP contribution in [0.1, 0.15) is 39.5 Å². The van der Waals surface area contributed by atoms with Crippen molar-refractivity contribution in [2.24, 2.45) is 0 Å². The predicted octanol–water partition coefficient (Wildman–Crippen LogP) is 3.00. The molecule has 0 amide bonds. The van der Waals surface area contributed by atoms with Gasteiger partial charge in [-0.3, -0.25) is 0 Å². The topological polar surface area (TPSA) is 34.1 Å². The number of rotatable bonds is 2. The van der Waals surface area contributed by atoms with Gasteiger partial charge in [-0.2, -0.15) is 12.8 Å². The van der Waals surface area contributed by atoms with Gasteiger partial charge in [-0.15, -0.1) is 0 Å². The molecule has 0 heterocycles. The van der Waals surface area contributed by atoms with E-state index in [2.05, 4.69) is 27.7 Å². The second-order valence-electron chi connectivity index (χ2n) is 1.79. The molecule has 0 saturated carbocycles. The van der Waals surface area contributed by atoms with Gasteiger partial charge in [-0.1, -0.05) is 26.7 Å². The Morgan fingerprint density at radius 2 is 1.09 bits per heavy atom. The van der Waals surface area contributed by atoms with Crippen molar-refractivity contribution < 1.29 is 25.7 Å². The van der Waals surface area contributed by atoms with Crippen LogP contribution in [0.4, 0.5) is 0 Å². The molecule has 0 spiro atoms. The molecule has 0 atom stereocenters. The second-order valence-corrected chi connectivity index (χ2v) is 2.05. The van der Waals surface area contributed by atoms with Crippen molar-refractivity contribution in [1.29, 1.82) is 0 Å². The normalized spacial score (nSPS) is 6.18. The van der Waals surface area contributed by atoms with Gasteiger partial charge in [0, 0.05) is 0 Å². The van der Waals surface area contributed by atoms with Crippen LogP contribution in [0.15, 0.2) is 0 Å². The Balaban J connectivity index is -0.0000000886. The van der Waals surface area contributed by atoms with Gasteiger partial charge in [0.15, 0.2) is 0 Å². The van der Waals surface area contributed by atoms with E-state index in [4.69, 9.17) is 6.65 Å². The van der Waals surface area contributed by atoms with E-state index in [1.54, 1.807) is 0 Å². The summed E-state index contributed by atoms with van der Waals surface area (Å²) >= 11 is -2.00. The standard InChI is InChI=1S/2C4H9.2O.Ti/c2*1-3-4-2;;;/h2*1,3-4H2,2H3;;;/q2*-1;;;. The molecular weight excluding hydrogens is 176 g/mol. The molecule has 0 radical (unpaired) electrons. The molecule has 0 unspecified atom stereocenters. The molecule has 3 heteroatoms. The first-order valence-corrected chi connectivity index (χ1v) is 5.10. The minimum absolute atomic E-state index is 1.07. The van der Waals surface area contributed by atoms with Crippen molar-refractivity contribution in [3.63, 3.8) is 0 Å². The van der Waals surface area contributed by atoms with Crippen LogP contribution in [0.3, 0.4) is 0 Å². The van der Waals surface area contributed by atoms with E-state index in [9.17, 15) is 0 Å². The van der Waals surface area contributed by atoms with Crippen molar-refractivity contribution in [1.82, 2.24) is 0 Å². The Labute approximate surface area is 79.3 Å². The first-order valence-electron chi connectivity index (χ1n) is 3.82. The molecular formula is C8H18O2Ti-2. The van der Waals surface area contributed by atoms with Crippen LogP contribution in [0, 0.1) is 13.8 Å². The van der Waals surface area contributed by atoms with E-state index in [1.165, 1.54) is 12.8 Å². The number of hydrogen-bond donors (Lipinski definition) is 0. The monoisotopic (exact) mass is 194 g/mol. The molecule has 2 nitrogen and oxygen atoms in total. The van der Waals surface area contributed by atoms with Gasteiger partial charge in [0.2, 0.25) is 0 Å². The van der Waals surface area contributed by atoms with Gasteiger partial charge in [-0.05, 0) is 0 Å². The van der Waals surface area contributed by atoms with Gasteiger partial charge < -0.3 is 13.8 Å². The van der Waals surface area contributed by atoms with Gasteiger partial charge in [0.25, 0.3) is 0 Å². The van der Waals surface area contributed by atoms with Gasteiger partial charge in [0.05, 0.1) is 0 Å². The molecule has 0 aromatic rings. The summed E-state index contributed by atoms with van der Waals surface area (Å²) in [5, 5.41) is 0. The van der Waals surface area contributed by atoms with Crippen LogP contribution >= 0.6 is 0 Å². The Bertz CT molecular complexity index is 60.5. The molecule has 0 bridgehead atoms. The number of hydrogen-bond acceptors (Lipinski definition) is 2. The fourth-order valence-corrected chi connectivity index (χ4v) is 0. The van der Waals surface area contributed by atoms with Crippen molar-refractivity contribution in [2.45, 2.75) is 39.5 Å². The summed E-state index contributed by atoms with van der Waals surface area (Å²) in [4.78, 5) is 0. The van der Waals surface area contributed by atoms with Crippen molar-refractivity contribution >= 4 is 0 Å². The van der Waals surface area contributed by atoms with Crippen molar-refractivity contribution in [2.75, 3.05) is 0 Å². The van der Waals surface area contributed by atoms with E-state index in [1.807, 2.05) is 0 Å². The third-order valence-corrected chi connectivity index (χ3v) is 0.707. The molecule has 0 fully saturated rings. The quantitative estimate of drug-likeness (QED) is 0.500. The average molecular weight is 194 g/mol. The summed E-state index contributed by atoms with van der Waals surface area (Å²) in [6, 6.07) is 0. The van der Waals surface area contributed by atoms with Crippen LogP contribution in [-0.2, 0) is 25.7 Å². The predicted molar refractivity (Wildman–Crippen MR) is 41.9 cm³/mol. The molecule has 68 valence electrons. The summed E-state index contributed by atoms with van der Waals surface area (Å²) in [7, 11) is 0. The fourth-order valence-electron chi connectivity index (χ4n) is 0. The third kappa shape index (κ3) is 133. The summed E-state index contributed by atoms with van der Waals surface area (Å²) in [6.07, 6.45) is 4.56. The second kappa shape index (κ2) is 31.7. The first kappa shape index (κ1) is 17.4. The van der Waals surface area contributed by atoms with Crippen molar-refractivity contribution in [3.05, 3.63) is 13.8 Å². The van der Waals surface area contributed by atoms with Crippen LogP contribution in [-0.4, -0.2) is 0 Å². The molecule has 0 saturated heterocycles. The molecule has 0 rings (SSSR count). The van der Waals surface area contributed by atoms with Crippen LogP contribution in [0.2, 0.25) is 0 Å². The zero-order valence-corrected chi connectivity index (χ0v) is 9.12. The van der Waals surface area contributed by atoms with Crippen LogP contribution in [0.5, 0.6) is 0 Å². The summed E-state index contributed by atoms with van der Waals surface area (Å²) in [6.45, 7) is 11.4. The van der Waals surface area contributed by atoms with Crippen molar-refractivity contribution in [3.8, 4) is 0 Å². The van der Waals surface area contributed by atoms with E-state index in [-0.39, 0.29) is 0 Å². The minimum atomic E-state index is -2.00. The molecule has 0 aliphatic rings. The summed E-state index contributed by atoms with van der Waals surface area (Å²) < 4.78 is 17.0. The molecule has 0 aliphatic heterocycles. The number of unbranched alkanes of at least 4 members (excludes halogenated alkanes) is 2. The Morgan fingerprint density at radius 3 is 1.09 bits per heavy atom. The molecule has 0 aromatic heterocycles. The molecule has 11 heavy (non-hydrogen) atoms.